The second-order valence-electron chi connectivity index (χ2n) is 7.85. The zero-order valence-electron chi connectivity index (χ0n) is 18.9. The van der Waals surface area contributed by atoms with E-state index in [1.165, 1.54) is 0 Å². The average Bonchev–Trinajstić information content (AvgIpc) is 3.21. The molecule has 1 aromatic carbocycles. The van der Waals surface area contributed by atoms with Crippen molar-refractivity contribution in [1.29, 1.82) is 0 Å². The van der Waals surface area contributed by atoms with E-state index in [1.807, 2.05) is 10.7 Å². The Bertz CT molecular complexity index is 1120. The maximum Gasteiger partial charge on any atom is 0.250 e. The van der Waals surface area contributed by atoms with Gasteiger partial charge in [-0.3, -0.25) is 9.79 Å². The highest BCUT2D eigenvalue weighted by molar-refractivity contribution is 14.0. The fraction of sp³-hybridized carbons (Fsp3) is 0.391. The first-order valence-corrected chi connectivity index (χ1v) is 10.8. The molecule has 33 heavy (non-hydrogen) atoms. The number of hydrogen-bond acceptors (Lipinski definition) is 5. The third-order valence-corrected chi connectivity index (χ3v) is 5.47. The van der Waals surface area contributed by atoms with E-state index in [4.69, 9.17) is 4.74 Å². The van der Waals surface area contributed by atoms with Gasteiger partial charge in [-0.15, -0.1) is 24.0 Å². The number of nitrogens with one attached hydrogen (secondary N) is 2. The van der Waals surface area contributed by atoms with Gasteiger partial charge >= 0.3 is 0 Å². The largest absolute Gasteiger partial charge is 0.377 e. The lowest BCUT2D eigenvalue weighted by molar-refractivity contribution is 0.177. The first kappa shape index (κ1) is 24.9. The summed E-state index contributed by atoms with van der Waals surface area (Å²) >= 11 is 0. The number of hydrogen-bond donors (Lipinski definition) is 2. The highest BCUT2D eigenvalue weighted by Crippen LogP contribution is 2.13. The van der Waals surface area contributed by atoms with Gasteiger partial charge in [0.15, 0.2) is 11.8 Å². The van der Waals surface area contributed by atoms with Crippen LogP contribution in [0.4, 0.5) is 0 Å². The van der Waals surface area contributed by atoms with Crippen molar-refractivity contribution in [2.24, 2.45) is 4.99 Å². The molecule has 176 valence electrons. The van der Waals surface area contributed by atoms with Gasteiger partial charge in [-0.25, -0.2) is 9.67 Å². The second kappa shape index (κ2) is 11.9. The molecule has 0 radical (unpaired) electrons. The number of nitrogens with zero attached hydrogens (tertiary/aromatic N) is 5. The van der Waals surface area contributed by atoms with Gasteiger partial charge in [0.05, 0.1) is 13.1 Å². The Morgan fingerprint density at radius 2 is 2.00 bits per heavy atom. The van der Waals surface area contributed by atoms with Gasteiger partial charge in [0, 0.05) is 45.4 Å². The zero-order chi connectivity index (χ0) is 22.3. The molecular weight excluding hydrogens is 533 g/mol. The van der Waals surface area contributed by atoms with Gasteiger partial charge in [0.2, 0.25) is 0 Å². The Morgan fingerprint density at radius 3 is 2.73 bits per heavy atom. The maximum absolute atomic E-state index is 11.9. The smallest absolute Gasteiger partial charge is 0.250 e. The molecule has 4 rings (SSSR count). The van der Waals surface area contributed by atoms with Crippen molar-refractivity contribution in [3.63, 3.8) is 0 Å². The standard InChI is InChI=1S/C23H29N7O2.HI/c1-24-23(26-19-10-11-21-27-20(16-32-2)28-30(21)15-19)25-13-17-6-8-18(9-7-17)14-29-12-4-3-5-22(29)31;/h3-9,12,19H,10-11,13-16H2,1-2H3,(H2,24,25,26);1H. The van der Waals surface area contributed by atoms with Crippen molar-refractivity contribution in [2.45, 2.75) is 45.1 Å². The van der Waals surface area contributed by atoms with Crippen LogP contribution in [0.25, 0.3) is 0 Å². The minimum Gasteiger partial charge on any atom is -0.377 e. The quantitative estimate of drug-likeness (QED) is 0.259. The third kappa shape index (κ3) is 6.64. The molecule has 1 aliphatic heterocycles. The predicted octanol–water partition coefficient (Wildman–Crippen LogP) is 1.93. The number of aliphatic imine (C=N–C) groups is 1. The number of aromatic nitrogens is 4. The molecule has 0 aliphatic carbocycles. The molecule has 2 N–H and O–H groups in total. The normalized spacial score (nSPS) is 15.5. The summed E-state index contributed by atoms with van der Waals surface area (Å²) in [4.78, 5) is 20.8. The van der Waals surface area contributed by atoms with E-state index in [2.05, 4.69) is 50.0 Å². The summed E-state index contributed by atoms with van der Waals surface area (Å²) in [6, 6.07) is 13.7. The summed E-state index contributed by atoms with van der Waals surface area (Å²) in [5, 5.41) is 11.4. The van der Waals surface area contributed by atoms with E-state index >= 15 is 0 Å². The molecule has 3 aromatic rings. The molecule has 2 aromatic heterocycles. The molecular formula is C23H30IN7O2. The van der Waals surface area contributed by atoms with Crippen LogP contribution >= 0.6 is 24.0 Å². The van der Waals surface area contributed by atoms with E-state index in [0.29, 0.717) is 19.7 Å². The topological polar surface area (TPSA) is 98.4 Å². The Balaban J connectivity index is 0.00000306. The van der Waals surface area contributed by atoms with Crippen LogP contribution in [-0.2, 0) is 37.4 Å². The first-order chi connectivity index (χ1) is 15.6. The highest BCUT2D eigenvalue weighted by Gasteiger charge is 2.22. The van der Waals surface area contributed by atoms with E-state index in [0.717, 1.165) is 48.1 Å². The summed E-state index contributed by atoms with van der Waals surface area (Å²) in [6.45, 7) is 2.40. The minimum atomic E-state index is 0. The predicted molar refractivity (Wildman–Crippen MR) is 138 cm³/mol. The molecule has 0 amide bonds. The Morgan fingerprint density at radius 1 is 1.21 bits per heavy atom. The van der Waals surface area contributed by atoms with Gasteiger partial charge in [-0.1, -0.05) is 30.3 Å². The van der Waals surface area contributed by atoms with E-state index in [9.17, 15) is 4.79 Å². The van der Waals surface area contributed by atoms with Crippen LogP contribution in [0.1, 0.15) is 29.2 Å². The van der Waals surface area contributed by atoms with Crippen molar-refractivity contribution >= 4 is 29.9 Å². The Hall–Kier alpha value is -2.73. The second-order valence-corrected chi connectivity index (χ2v) is 7.85. The van der Waals surface area contributed by atoms with Gasteiger partial charge in [-0.2, -0.15) is 5.10 Å². The summed E-state index contributed by atoms with van der Waals surface area (Å²) < 4.78 is 8.79. The number of guanidine groups is 1. The van der Waals surface area contributed by atoms with Crippen LogP contribution in [0.15, 0.2) is 58.4 Å². The van der Waals surface area contributed by atoms with E-state index < -0.39 is 0 Å². The van der Waals surface area contributed by atoms with E-state index in [1.54, 1.807) is 37.1 Å². The van der Waals surface area contributed by atoms with Gasteiger partial charge in [0.1, 0.15) is 12.4 Å². The number of aryl methyl sites for hydroxylation is 1. The number of ether oxygens (including phenoxy) is 1. The van der Waals surface area contributed by atoms with Gasteiger partial charge < -0.3 is 19.9 Å². The van der Waals surface area contributed by atoms with Crippen LogP contribution in [-0.4, -0.2) is 45.5 Å². The molecule has 0 fully saturated rings. The van der Waals surface area contributed by atoms with Crippen molar-refractivity contribution in [1.82, 2.24) is 30.0 Å². The van der Waals surface area contributed by atoms with Gasteiger partial charge in [-0.05, 0) is 23.6 Å². The number of pyridine rings is 1. The van der Waals surface area contributed by atoms with Crippen LogP contribution in [0.2, 0.25) is 0 Å². The fourth-order valence-corrected chi connectivity index (χ4v) is 3.79. The van der Waals surface area contributed by atoms with Gasteiger partial charge in [0.25, 0.3) is 5.56 Å². The minimum absolute atomic E-state index is 0. The SMILES string of the molecule is CN=C(NCc1ccc(Cn2ccccc2=O)cc1)NC1CCc2nc(COC)nn2C1.I. The summed E-state index contributed by atoms with van der Waals surface area (Å²) in [6.07, 6.45) is 3.65. The molecule has 3 heterocycles. The maximum atomic E-state index is 11.9. The van der Waals surface area contributed by atoms with E-state index in [-0.39, 0.29) is 35.6 Å². The van der Waals surface area contributed by atoms with Crippen LogP contribution in [0.5, 0.6) is 0 Å². The first-order valence-electron chi connectivity index (χ1n) is 10.8. The number of halogens is 1. The lowest BCUT2D eigenvalue weighted by atomic mass is 10.1. The zero-order valence-corrected chi connectivity index (χ0v) is 21.2. The number of fused-ring (bicyclic) bond motifs is 1. The van der Waals surface area contributed by atoms with Crippen molar-refractivity contribution in [3.8, 4) is 0 Å². The average molecular weight is 563 g/mol. The summed E-state index contributed by atoms with van der Waals surface area (Å²) in [7, 11) is 3.43. The molecule has 0 saturated carbocycles. The number of rotatable bonds is 7. The Kier molecular flexibility index (Phi) is 9.01. The van der Waals surface area contributed by atoms with Crippen molar-refractivity contribution < 1.29 is 4.74 Å². The molecule has 0 spiro atoms. The summed E-state index contributed by atoms with van der Waals surface area (Å²) in [5.41, 5.74) is 2.23. The molecule has 1 unspecified atom stereocenters. The Labute approximate surface area is 210 Å². The molecule has 0 bridgehead atoms. The fourth-order valence-electron chi connectivity index (χ4n) is 3.79. The molecule has 1 atom stereocenters. The summed E-state index contributed by atoms with van der Waals surface area (Å²) in [5.74, 6) is 2.50. The lowest BCUT2D eigenvalue weighted by Gasteiger charge is -2.25. The molecule has 9 nitrogen and oxygen atoms in total. The van der Waals surface area contributed by atoms with Crippen LogP contribution < -0.4 is 16.2 Å². The van der Waals surface area contributed by atoms with Crippen LogP contribution in [0, 0.1) is 0 Å². The van der Waals surface area contributed by atoms with Crippen molar-refractivity contribution in [2.75, 3.05) is 14.2 Å². The monoisotopic (exact) mass is 563 g/mol. The lowest BCUT2D eigenvalue weighted by Crippen LogP contribution is -2.46. The molecule has 1 aliphatic rings. The molecule has 10 heteroatoms. The highest BCUT2D eigenvalue weighted by atomic mass is 127. The number of benzene rings is 1. The van der Waals surface area contributed by atoms with Crippen molar-refractivity contribution in [3.05, 3.63) is 81.8 Å². The third-order valence-electron chi connectivity index (χ3n) is 5.47. The number of methoxy groups -OCH3 is 1. The van der Waals surface area contributed by atoms with Crippen LogP contribution in [0.3, 0.4) is 0 Å². The molecule has 0 saturated heterocycles.